The van der Waals surface area contributed by atoms with E-state index in [0.717, 1.165) is 17.7 Å². The van der Waals surface area contributed by atoms with Crippen molar-refractivity contribution in [3.63, 3.8) is 0 Å². The van der Waals surface area contributed by atoms with Crippen LogP contribution in [0, 0.1) is 0 Å². The van der Waals surface area contributed by atoms with Gasteiger partial charge in [0.25, 0.3) is 5.91 Å². The van der Waals surface area contributed by atoms with Crippen molar-refractivity contribution >= 4 is 11.6 Å². The minimum absolute atomic E-state index is 0.134. The second-order valence-electron chi connectivity index (χ2n) is 5.81. The Morgan fingerprint density at radius 1 is 1.17 bits per heavy atom. The van der Waals surface area contributed by atoms with Crippen molar-refractivity contribution in [1.29, 1.82) is 0 Å². The molecule has 0 atom stereocenters. The molecule has 0 fully saturated rings. The van der Waals surface area contributed by atoms with Gasteiger partial charge >= 0.3 is 0 Å². The fraction of sp³-hybridized carbons (Fsp3) is 0.167. The zero-order valence-corrected chi connectivity index (χ0v) is 13.7. The zero-order chi connectivity index (χ0) is 16.9. The van der Waals surface area contributed by atoms with Gasteiger partial charge in [0, 0.05) is 23.4 Å². The lowest BCUT2D eigenvalue weighted by Gasteiger charge is -2.11. The summed E-state index contributed by atoms with van der Waals surface area (Å²) in [6.45, 7) is 0.794. The lowest BCUT2D eigenvalue weighted by atomic mass is 10.1. The highest BCUT2D eigenvalue weighted by Crippen LogP contribution is 2.19. The van der Waals surface area contributed by atoms with Crippen molar-refractivity contribution in [3.05, 3.63) is 66.0 Å². The van der Waals surface area contributed by atoms with Gasteiger partial charge in [-0.05, 0) is 43.9 Å². The number of rotatable bonds is 5. The number of H-pyrrole nitrogens is 1. The van der Waals surface area contributed by atoms with Crippen LogP contribution < -0.4 is 5.32 Å². The maximum Gasteiger partial charge on any atom is 0.255 e. The third-order valence-electron chi connectivity index (χ3n) is 3.50. The molecule has 3 rings (SSSR count). The molecule has 0 saturated carbocycles. The number of nitrogens with zero attached hydrogens (tertiary/aromatic N) is 3. The number of benzene rings is 2. The summed E-state index contributed by atoms with van der Waals surface area (Å²) in [6.07, 6.45) is 1.46. The van der Waals surface area contributed by atoms with E-state index in [1.165, 1.54) is 6.33 Å². The predicted octanol–water partition coefficient (Wildman–Crippen LogP) is 2.79. The zero-order valence-electron chi connectivity index (χ0n) is 13.7. The molecule has 1 heterocycles. The maximum absolute atomic E-state index is 12.5. The van der Waals surface area contributed by atoms with Gasteiger partial charge < -0.3 is 10.2 Å². The van der Waals surface area contributed by atoms with E-state index < -0.39 is 0 Å². The largest absolute Gasteiger partial charge is 0.322 e. The standard InChI is InChI=1S/C18H19N5O/c1-23(2)11-13-5-3-7-15(9-13)18(24)21-16-8-4-6-14(10-16)17-19-12-20-22-17/h3-10,12H,11H2,1-2H3,(H,21,24)(H,19,20,22). The third kappa shape index (κ3) is 3.85. The van der Waals surface area contributed by atoms with Crippen LogP contribution >= 0.6 is 0 Å². The predicted molar refractivity (Wildman–Crippen MR) is 93.6 cm³/mol. The van der Waals surface area contributed by atoms with Gasteiger partial charge in [0.2, 0.25) is 0 Å². The molecule has 0 spiro atoms. The molecule has 0 radical (unpaired) electrons. The molecule has 122 valence electrons. The number of hydrogen-bond acceptors (Lipinski definition) is 4. The van der Waals surface area contributed by atoms with Gasteiger partial charge in [0.15, 0.2) is 5.82 Å². The number of hydrogen-bond donors (Lipinski definition) is 2. The molecule has 0 saturated heterocycles. The van der Waals surface area contributed by atoms with E-state index in [-0.39, 0.29) is 5.91 Å². The Bertz CT molecular complexity index is 827. The monoisotopic (exact) mass is 321 g/mol. The molecule has 2 N–H and O–H groups in total. The van der Waals surface area contributed by atoms with Crippen LogP contribution in [0.2, 0.25) is 0 Å². The van der Waals surface area contributed by atoms with E-state index in [9.17, 15) is 4.79 Å². The van der Waals surface area contributed by atoms with Gasteiger partial charge in [-0.3, -0.25) is 9.89 Å². The van der Waals surface area contributed by atoms with Crippen LogP contribution in [0.25, 0.3) is 11.4 Å². The molecule has 0 aliphatic carbocycles. The summed E-state index contributed by atoms with van der Waals surface area (Å²) in [4.78, 5) is 18.7. The Hall–Kier alpha value is -2.99. The molecule has 6 nitrogen and oxygen atoms in total. The SMILES string of the molecule is CN(C)Cc1cccc(C(=O)Nc2cccc(-c3ncn[nH]3)c2)c1. The molecule has 1 aromatic heterocycles. The quantitative estimate of drug-likeness (QED) is 0.758. The third-order valence-corrected chi connectivity index (χ3v) is 3.50. The molecule has 6 heteroatoms. The fourth-order valence-electron chi connectivity index (χ4n) is 2.47. The van der Waals surface area contributed by atoms with E-state index in [0.29, 0.717) is 17.1 Å². The number of aromatic amines is 1. The highest BCUT2D eigenvalue weighted by molar-refractivity contribution is 6.04. The highest BCUT2D eigenvalue weighted by Gasteiger charge is 2.09. The maximum atomic E-state index is 12.5. The van der Waals surface area contributed by atoms with E-state index in [1.54, 1.807) is 0 Å². The molecule has 2 aromatic carbocycles. The van der Waals surface area contributed by atoms with Crippen LogP contribution in [0.5, 0.6) is 0 Å². The smallest absolute Gasteiger partial charge is 0.255 e. The molecular weight excluding hydrogens is 302 g/mol. The number of carbonyl (C=O) groups is 1. The Morgan fingerprint density at radius 3 is 2.75 bits per heavy atom. The topological polar surface area (TPSA) is 73.9 Å². The summed E-state index contributed by atoms with van der Waals surface area (Å²) in [5, 5.41) is 9.58. The van der Waals surface area contributed by atoms with Gasteiger partial charge in [0.05, 0.1) is 0 Å². The second-order valence-corrected chi connectivity index (χ2v) is 5.81. The van der Waals surface area contributed by atoms with Crippen molar-refractivity contribution in [3.8, 4) is 11.4 Å². The summed E-state index contributed by atoms with van der Waals surface area (Å²) in [5.41, 5.74) is 3.32. The summed E-state index contributed by atoms with van der Waals surface area (Å²) < 4.78 is 0. The number of nitrogens with one attached hydrogen (secondary N) is 2. The molecule has 3 aromatic rings. The minimum atomic E-state index is -0.134. The highest BCUT2D eigenvalue weighted by atomic mass is 16.1. The van der Waals surface area contributed by atoms with E-state index in [4.69, 9.17) is 0 Å². The molecular formula is C18H19N5O. The normalized spacial score (nSPS) is 10.8. The van der Waals surface area contributed by atoms with E-state index in [2.05, 4.69) is 25.4 Å². The van der Waals surface area contributed by atoms with Gasteiger partial charge in [-0.15, -0.1) is 0 Å². The fourth-order valence-corrected chi connectivity index (χ4v) is 2.47. The number of aromatic nitrogens is 3. The second kappa shape index (κ2) is 7.06. The molecule has 24 heavy (non-hydrogen) atoms. The Balaban J connectivity index is 1.76. The Kier molecular flexibility index (Phi) is 4.67. The summed E-state index contributed by atoms with van der Waals surface area (Å²) in [5.74, 6) is 0.532. The molecule has 0 aliphatic rings. The van der Waals surface area contributed by atoms with Crippen LogP contribution in [0.4, 0.5) is 5.69 Å². The number of anilines is 1. The van der Waals surface area contributed by atoms with Crippen LogP contribution in [0.15, 0.2) is 54.9 Å². The lowest BCUT2D eigenvalue weighted by Crippen LogP contribution is -2.14. The number of amides is 1. The summed E-state index contributed by atoms with van der Waals surface area (Å²) in [6, 6.07) is 15.1. The van der Waals surface area contributed by atoms with Crippen LogP contribution in [-0.4, -0.2) is 40.1 Å². The first-order valence-electron chi connectivity index (χ1n) is 7.62. The minimum Gasteiger partial charge on any atom is -0.322 e. The molecule has 1 amide bonds. The average molecular weight is 321 g/mol. The van der Waals surface area contributed by atoms with Crippen molar-refractivity contribution in [1.82, 2.24) is 20.1 Å². The van der Waals surface area contributed by atoms with Crippen molar-refractivity contribution in [2.45, 2.75) is 6.54 Å². The van der Waals surface area contributed by atoms with Crippen molar-refractivity contribution in [2.75, 3.05) is 19.4 Å². The van der Waals surface area contributed by atoms with Gasteiger partial charge in [-0.1, -0.05) is 24.3 Å². The Labute approximate surface area is 140 Å². The van der Waals surface area contributed by atoms with E-state index >= 15 is 0 Å². The van der Waals surface area contributed by atoms with Gasteiger partial charge in [0.1, 0.15) is 6.33 Å². The van der Waals surface area contributed by atoms with Gasteiger partial charge in [-0.2, -0.15) is 5.10 Å². The average Bonchev–Trinajstić information content (AvgIpc) is 3.09. The summed E-state index contributed by atoms with van der Waals surface area (Å²) in [7, 11) is 4.00. The van der Waals surface area contributed by atoms with Crippen molar-refractivity contribution < 1.29 is 4.79 Å². The lowest BCUT2D eigenvalue weighted by molar-refractivity contribution is 0.102. The van der Waals surface area contributed by atoms with Crippen LogP contribution in [-0.2, 0) is 6.54 Å². The van der Waals surface area contributed by atoms with Gasteiger partial charge in [-0.25, -0.2) is 4.98 Å². The Morgan fingerprint density at radius 2 is 2.00 bits per heavy atom. The molecule has 0 bridgehead atoms. The molecule has 0 unspecified atom stereocenters. The van der Waals surface area contributed by atoms with E-state index in [1.807, 2.05) is 62.6 Å². The number of carbonyl (C=O) groups excluding carboxylic acids is 1. The van der Waals surface area contributed by atoms with Crippen molar-refractivity contribution in [2.24, 2.45) is 0 Å². The van der Waals surface area contributed by atoms with Crippen LogP contribution in [0.1, 0.15) is 15.9 Å². The first kappa shape index (κ1) is 15.9. The van der Waals surface area contributed by atoms with Crippen LogP contribution in [0.3, 0.4) is 0 Å². The molecule has 0 aliphatic heterocycles. The first-order valence-corrected chi connectivity index (χ1v) is 7.62. The first-order chi connectivity index (χ1) is 11.6. The summed E-state index contributed by atoms with van der Waals surface area (Å²) >= 11 is 0.